The minimum Gasteiger partial charge on any atom is -0.366 e. The molecule has 1 N–H and O–H groups in total. The molecular formula is C16H21BrClN3. The first-order valence-corrected chi connectivity index (χ1v) is 9.15. The van der Waals surface area contributed by atoms with Crippen molar-refractivity contribution < 1.29 is 0 Å². The van der Waals surface area contributed by atoms with Crippen molar-refractivity contribution in [2.45, 2.75) is 51.5 Å². The molecule has 4 fully saturated rings. The second-order valence-electron chi connectivity index (χ2n) is 7.47. The molecule has 4 aliphatic rings. The Kier molecular flexibility index (Phi) is 3.45. The predicted octanol–water partition coefficient (Wildman–Crippen LogP) is 4.91. The van der Waals surface area contributed by atoms with Gasteiger partial charge in [-0.25, -0.2) is 9.97 Å². The molecule has 0 saturated heterocycles. The van der Waals surface area contributed by atoms with Crippen molar-refractivity contribution in [1.29, 1.82) is 0 Å². The van der Waals surface area contributed by atoms with Crippen LogP contribution in [0.1, 0.15) is 45.4 Å². The third kappa shape index (κ3) is 2.39. The molecule has 0 amide bonds. The Bertz CT molecular complexity index is 527. The molecule has 5 heteroatoms. The Morgan fingerprint density at radius 3 is 2.33 bits per heavy atom. The largest absolute Gasteiger partial charge is 0.366 e. The zero-order chi connectivity index (χ0) is 14.6. The van der Waals surface area contributed by atoms with E-state index in [1.807, 2.05) is 0 Å². The van der Waals surface area contributed by atoms with E-state index < -0.39 is 0 Å². The maximum absolute atomic E-state index is 6.08. The van der Waals surface area contributed by atoms with Crippen LogP contribution in [-0.2, 0) is 0 Å². The summed E-state index contributed by atoms with van der Waals surface area (Å²) < 4.78 is 0.781. The van der Waals surface area contributed by atoms with E-state index in [0.29, 0.717) is 16.6 Å². The summed E-state index contributed by atoms with van der Waals surface area (Å²) in [5, 5.41) is 4.10. The number of aromatic nitrogens is 2. The second kappa shape index (κ2) is 5.09. The van der Waals surface area contributed by atoms with E-state index in [0.717, 1.165) is 28.0 Å². The lowest BCUT2D eigenvalue weighted by atomic mass is 9.48. The SMILES string of the molecule is CC(Nc1ncnc(Cl)c1Br)C12CC3CC(CC(C3)C1)C2. The van der Waals surface area contributed by atoms with Crippen LogP contribution in [-0.4, -0.2) is 16.0 Å². The summed E-state index contributed by atoms with van der Waals surface area (Å²) in [5.74, 6) is 3.74. The normalized spacial score (nSPS) is 38.5. The van der Waals surface area contributed by atoms with Crippen molar-refractivity contribution in [1.82, 2.24) is 9.97 Å². The molecule has 3 nitrogen and oxygen atoms in total. The van der Waals surface area contributed by atoms with Gasteiger partial charge in [0.15, 0.2) is 0 Å². The fraction of sp³-hybridized carbons (Fsp3) is 0.750. The van der Waals surface area contributed by atoms with Crippen molar-refractivity contribution >= 4 is 33.3 Å². The zero-order valence-electron chi connectivity index (χ0n) is 12.3. The van der Waals surface area contributed by atoms with Crippen LogP contribution in [0.15, 0.2) is 10.8 Å². The van der Waals surface area contributed by atoms with Gasteiger partial charge in [0.05, 0.1) is 4.47 Å². The monoisotopic (exact) mass is 369 g/mol. The first-order valence-electron chi connectivity index (χ1n) is 7.98. The van der Waals surface area contributed by atoms with Gasteiger partial charge in [-0.15, -0.1) is 0 Å². The van der Waals surface area contributed by atoms with E-state index in [9.17, 15) is 0 Å². The number of hydrogen-bond donors (Lipinski definition) is 1. The van der Waals surface area contributed by atoms with Gasteiger partial charge in [0.1, 0.15) is 17.3 Å². The van der Waals surface area contributed by atoms with Gasteiger partial charge in [-0.3, -0.25) is 0 Å². The number of nitrogens with one attached hydrogen (secondary N) is 1. The van der Waals surface area contributed by atoms with Gasteiger partial charge in [0, 0.05) is 6.04 Å². The van der Waals surface area contributed by atoms with Crippen LogP contribution in [0.5, 0.6) is 0 Å². The van der Waals surface area contributed by atoms with Gasteiger partial charge in [-0.1, -0.05) is 11.6 Å². The molecule has 1 aromatic heterocycles. The number of anilines is 1. The van der Waals surface area contributed by atoms with Crippen LogP contribution < -0.4 is 5.32 Å². The van der Waals surface area contributed by atoms with Crippen LogP contribution in [0, 0.1) is 23.2 Å². The summed E-state index contributed by atoms with van der Waals surface area (Å²) in [6.07, 6.45) is 10.2. The average molecular weight is 371 g/mol. The molecule has 4 saturated carbocycles. The molecule has 0 aliphatic heterocycles. The Hall–Kier alpha value is -0.350. The summed E-state index contributed by atoms with van der Waals surface area (Å²) in [5.41, 5.74) is 0.464. The highest BCUT2D eigenvalue weighted by atomic mass is 79.9. The fourth-order valence-electron chi connectivity index (χ4n) is 5.52. The lowest BCUT2D eigenvalue weighted by Crippen LogP contribution is -2.53. The fourth-order valence-corrected chi connectivity index (χ4v) is 5.97. The van der Waals surface area contributed by atoms with Gasteiger partial charge in [0.25, 0.3) is 0 Å². The lowest BCUT2D eigenvalue weighted by Gasteiger charge is -2.59. The molecule has 0 spiro atoms. The first kappa shape index (κ1) is 14.3. The third-order valence-corrected chi connectivity index (χ3v) is 7.37. The van der Waals surface area contributed by atoms with E-state index in [1.165, 1.54) is 44.9 Å². The smallest absolute Gasteiger partial charge is 0.148 e. The molecule has 1 aromatic rings. The Balaban J connectivity index is 1.57. The minimum atomic E-state index is 0.438. The van der Waals surface area contributed by atoms with E-state index in [4.69, 9.17) is 11.6 Å². The van der Waals surface area contributed by atoms with E-state index >= 15 is 0 Å². The highest BCUT2D eigenvalue weighted by molar-refractivity contribution is 9.10. The van der Waals surface area contributed by atoms with Crippen molar-refractivity contribution in [3.63, 3.8) is 0 Å². The van der Waals surface area contributed by atoms with Crippen LogP contribution in [0.25, 0.3) is 0 Å². The van der Waals surface area contributed by atoms with Crippen LogP contribution in [0.3, 0.4) is 0 Å². The number of rotatable bonds is 3. The molecule has 0 aromatic carbocycles. The topological polar surface area (TPSA) is 37.8 Å². The van der Waals surface area contributed by atoms with E-state index in [2.05, 4.69) is 38.1 Å². The van der Waals surface area contributed by atoms with Crippen LogP contribution >= 0.6 is 27.5 Å². The maximum atomic E-state index is 6.08. The molecule has 4 aliphatic carbocycles. The summed E-state index contributed by atoms with van der Waals surface area (Å²) in [7, 11) is 0. The lowest BCUT2D eigenvalue weighted by molar-refractivity contribution is -0.0603. The quantitative estimate of drug-likeness (QED) is 0.768. The Labute approximate surface area is 139 Å². The molecule has 114 valence electrons. The summed E-state index contributed by atoms with van der Waals surface area (Å²) in [6, 6.07) is 0.438. The van der Waals surface area contributed by atoms with Crippen LogP contribution in [0.4, 0.5) is 5.82 Å². The first-order chi connectivity index (χ1) is 10.1. The van der Waals surface area contributed by atoms with Gasteiger partial charge >= 0.3 is 0 Å². The van der Waals surface area contributed by atoms with E-state index in [-0.39, 0.29) is 0 Å². The number of halogens is 2. The molecular weight excluding hydrogens is 350 g/mol. The van der Waals surface area contributed by atoms with E-state index in [1.54, 1.807) is 0 Å². The third-order valence-electron chi connectivity index (χ3n) is 6.10. The summed E-state index contributed by atoms with van der Waals surface area (Å²) in [4.78, 5) is 8.36. The summed E-state index contributed by atoms with van der Waals surface area (Å²) in [6.45, 7) is 2.33. The molecule has 4 bridgehead atoms. The highest BCUT2D eigenvalue weighted by Crippen LogP contribution is 2.61. The molecule has 5 rings (SSSR count). The molecule has 1 unspecified atom stereocenters. The molecule has 1 heterocycles. The Morgan fingerprint density at radius 1 is 1.19 bits per heavy atom. The highest BCUT2D eigenvalue weighted by Gasteiger charge is 2.53. The molecule has 21 heavy (non-hydrogen) atoms. The van der Waals surface area contributed by atoms with Gasteiger partial charge in [0.2, 0.25) is 0 Å². The molecule has 0 radical (unpaired) electrons. The zero-order valence-corrected chi connectivity index (χ0v) is 14.6. The predicted molar refractivity (Wildman–Crippen MR) is 88.4 cm³/mol. The second-order valence-corrected chi connectivity index (χ2v) is 8.62. The van der Waals surface area contributed by atoms with Gasteiger partial charge in [-0.2, -0.15) is 0 Å². The number of nitrogens with zero attached hydrogens (tertiary/aromatic N) is 2. The van der Waals surface area contributed by atoms with Gasteiger partial charge < -0.3 is 5.32 Å². The number of hydrogen-bond acceptors (Lipinski definition) is 3. The average Bonchev–Trinajstić information content (AvgIpc) is 2.42. The maximum Gasteiger partial charge on any atom is 0.148 e. The summed E-state index contributed by atoms with van der Waals surface area (Å²) >= 11 is 9.58. The van der Waals surface area contributed by atoms with Crippen molar-refractivity contribution in [3.05, 3.63) is 16.0 Å². The Morgan fingerprint density at radius 2 is 1.76 bits per heavy atom. The van der Waals surface area contributed by atoms with Gasteiger partial charge in [-0.05, 0) is 84.5 Å². The minimum absolute atomic E-state index is 0.438. The van der Waals surface area contributed by atoms with Crippen molar-refractivity contribution in [2.75, 3.05) is 5.32 Å². The standard InChI is InChI=1S/C16H21BrClN3/c1-9(21-15-13(17)14(18)19-8-20-15)16-5-10-2-11(6-16)4-12(3-10)7-16/h8-12H,2-7H2,1H3,(H,19,20,21). The molecule has 1 atom stereocenters. The van der Waals surface area contributed by atoms with Crippen LogP contribution in [0.2, 0.25) is 5.15 Å². The van der Waals surface area contributed by atoms with Crippen molar-refractivity contribution in [2.24, 2.45) is 23.2 Å². The van der Waals surface area contributed by atoms with Crippen molar-refractivity contribution in [3.8, 4) is 0 Å².